The van der Waals surface area contributed by atoms with Crippen LogP contribution in [0.25, 0.3) is 16.7 Å². The zero-order valence-electron chi connectivity index (χ0n) is 17.7. The molecule has 1 aliphatic heterocycles. The van der Waals surface area contributed by atoms with Crippen molar-refractivity contribution in [1.82, 2.24) is 0 Å². The summed E-state index contributed by atoms with van der Waals surface area (Å²) in [5.74, 6) is 1.47. The van der Waals surface area contributed by atoms with Crippen molar-refractivity contribution in [3.8, 4) is 11.1 Å². The molecular weight excluding hydrogens is 396 g/mol. The van der Waals surface area contributed by atoms with Gasteiger partial charge in [0.05, 0.1) is 5.57 Å². The number of benzene rings is 2. The Bertz CT molecular complexity index is 955. The van der Waals surface area contributed by atoms with Crippen molar-refractivity contribution in [3.63, 3.8) is 0 Å². The van der Waals surface area contributed by atoms with Gasteiger partial charge in [-0.1, -0.05) is 42.8 Å². The lowest BCUT2D eigenvalue weighted by molar-refractivity contribution is -0.116. The molecule has 0 saturated carbocycles. The quantitative estimate of drug-likeness (QED) is 0.599. The Labute approximate surface area is 183 Å². The number of carbonyl (C=O) groups is 1. The maximum atomic E-state index is 13.2. The number of aliphatic hydroxyl groups is 1. The molecule has 158 valence electrons. The van der Waals surface area contributed by atoms with Crippen LogP contribution in [0.5, 0.6) is 0 Å². The molecule has 0 radical (unpaired) electrons. The van der Waals surface area contributed by atoms with E-state index in [0.29, 0.717) is 35.3 Å². The number of allylic oxidation sites excluding steroid dienone is 2. The number of ketones is 1. The van der Waals surface area contributed by atoms with Gasteiger partial charge in [0.1, 0.15) is 5.76 Å². The van der Waals surface area contributed by atoms with Crippen molar-refractivity contribution in [2.24, 2.45) is 17.8 Å². The first kappa shape index (κ1) is 21.1. The lowest BCUT2D eigenvalue weighted by Gasteiger charge is -2.35. The molecule has 4 rings (SSSR count). The predicted octanol–water partition coefficient (Wildman–Crippen LogP) is 6.63. The molecule has 0 amide bonds. The standard InChI is InChI=1S/C26H29ClO3/c1-16-3-4-20(19-5-7-22(27)8-6-19)13-23(16)26-24(28)14-21(15-25(26)29)17(2)18-9-11-30-12-10-18/h3-8,13,17-18,21,28H,9-12,14-15H2,1-2H3. The van der Waals surface area contributed by atoms with Crippen LogP contribution in [-0.2, 0) is 9.53 Å². The highest BCUT2D eigenvalue weighted by molar-refractivity contribution is 6.30. The smallest absolute Gasteiger partial charge is 0.167 e. The van der Waals surface area contributed by atoms with E-state index in [1.54, 1.807) is 0 Å². The summed E-state index contributed by atoms with van der Waals surface area (Å²) < 4.78 is 5.49. The van der Waals surface area contributed by atoms with Crippen LogP contribution < -0.4 is 0 Å². The lowest BCUT2D eigenvalue weighted by Crippen LogP contribution is -2.31. The van der Waals surface area contributed by atoms with E-state index in [1.807, 2.05) is 49.4 Å². The number of aryl methyl sites for hydroxylation is 1. The molecule has 2 atom stereocenters. The van der Waals surface area contributed by atoms with Gasteiger partial charge in [-0.2, -0.15) is 0 Å². The Morgan fingerprint density at radius 2 is 1.67 bits per heavy atom. The molecule has 2 aromatic carbocycles. The van der Waals surface area contributed by atoms with Crippen molar-refractivity contribution in [2.45, 2.75) is 39.5 Å². The SMILES string of the molecule is Cc1ccc(-c2ccc(Cl)cc2)cc1C1=C(O)CC(C(C)C2CCOCC2)CC1=O. The van der Waals surface area contributed by atoms with Gasteiger partial charge >= 0.3 is 0 Å². The maximum Gasteiger partial charge on any atom is 0.167 e. The summed E-state index contributed by atoms with van der Waals surface area (Å²) in [4.78, 5) is 13.2. The minimum absolute atomic E-state index is 0.0546. The monoisotopic (exact) mass is 424 g/mol. The van der Waals surface area contributed by atoms with Crippen molar-refractivity contribution < 1.29 is 14.6 Å². The van der Waals surface area contributed by atoms with Gasteiger partial charge in [-0.3, -0.25) is 4.79 Å². The largest absolute Gasteiger partial charge is 0.512 e. The molecule has 3 nitrogen and oxygen atoms in total. The van der Waals surface area contributed by atoms with Crippen LogP contribution in [0.4, 0.5) is 0 Å². The number of hydrogen-bond acceptors (Lipinski definition) is 3. The number of rotatable bonds is 4. The third-order valence-electron chi connectivity index (χ3n) is 6.91. The Morgan fingerprint density at radius 1 is 1.00 bits per heavy atom. The molecule has 1 aliphatic carbocycles. The van der Waals surface area contributed by atoms with Crippen LogP contribution >= 0.6 is 11.6 Å². The van der Waals surface area contributed by atoms with Crippen LogP contribution in [0.15, 0.2) is 48.2 Å². The van der Waals surface area contributed by atoms with E-state index < -0.39 is 0 Å². The fourth-order valence-electron chi connectivity index (χ4n) is 4.94. The van der Waals surface area contributed by atoms with Gasteiger partial charge in [-0.15, -0.1) is 0 Å². The number of Topliss-reactive ketones (excluding diaryl/α,β-unsaturated/α-hetero) is 1. The average molecular weight is 425 g/mol. The number of hydrogen-bond donors (Lipinski definition) is 1. The van der Waals surface area contributed by atoms with Crippen LogP contribution in [0.2, 0.25) is 5.02 Å². The maximum absolute atomic E-state index is 13.2. The van der Waals surface area contributed by atoms with Gasteiger partial charge in [0.2, 0.25) is 0 Å². The van der Waals surface area contributed by atoms with Crippen LogP contribution in [0.1, 0.15) is 43.7 Å². The second-order valence-corrected chi connectivity index (χ2v) is 9.20. The highest BCUT2D eigenvalue weighted by Gasteiger charge is 2.35. The van der Waals surface area contributed by atoms with E-state index in [9.17, 15) is 9.90 Å². The number of ether oxygens (including phenoxy) is 1. The molecule has 0 aromatic heterocycles. The summed E-state index contributed by atoms with van der Waals surface area (Å²) in [5.41, 5.74) is 4.38. The molecule has 2 unspecified atom stereocenters. The van der Waals surface area contributed by atoms with E-state index >= 15 is 0 Å². The molecule has 0 bridgehead atoms. The van der Waals surface area contributed by atoms with E-state index in [1.165, 1.54) is 0 Å². The van der Waals surface area contributed by atoms with Crippen LogP contribution in [0, 0.1) is 24.7 Å². The van der Waals surface area contributed by atoms with Gasteiger partial charge in [0.25, 0.3) is 0 Å². The Kier molecular flexibility index (Phi) is 6.31. The van der Waals surface area contributed by atoms with Crippen molar-refractivity contribution in [3.05, 3.63) is 64.4 Å². The minimum Gasteiger partial charge on any atom is -0.512 e. The molecule has 1 N–H and O–H groups in total. The first-order valence-electron chi connectivity index (χ1n) is 10.8. The molecule has 30 heavy (non-hydrogen) atoms. The van der Waals surface area contributed by atoms with Gasteiger partial charge in [-0.25, -0.2) is 0 Å². The van der Waals surface area contributed by atoms with E-state index in [4.69, 9.17) is 16.3 Å². The summed E-state index contributed by atoms with van der Waals surface area (Å²) >= 11 is 6.02. The third kappa shape index (κ3) is 4.33. The van der Waals surface area contributed by atoms with E-state index in [0.717, 1.165) is 48.3 Å². The summed E-state index contributed by atoms with van der Waals surface area (Å²) in [5, 5.41) is 11.6. The van der Waals surface area contributed by atoms with Gasteiger partial charge in [-0.05, 0) is 78.0 Å². The zero-order chi connectivity index (χ0) is 21.3. The minimum atomic E-state index is 0.0546. The number of carbonyl (C=O) groups excluding carboxylic acids is 1. The zero-order valence-corrected chi connectivity index (χ0v) is 18.4. The second-order valence-electron chi connectivity index (χ2n) is 8.76. The average Bonchev–Trinajstić information content (AvgIpc) is 2.75. The summed E-state index contributed by atoms with van der Waals surface area (Å²) in [7, 11) is 0. The Hall–Kier alpha value is -2.10. The molecular formula is C26H29ClO3. The topological polar surface area (TPSA) is 46.5 Å². The molecule has 2 aromatic rings. The lowest BCUT2D eigenvalue weighted by atomic mass is 9.71. The van der Waals surface area contributed by atoms with Crippen molar-refractivity contribution in [2.75, 3.05) is 13.2 Å². The molecule has 1 heterocycles. The normalized spacial score (nSPS) is 21.7. The van der Waals surface area contributed by atoms with Gasteiger partial charge in [0.15, 0.2) is 5.78 Å². The molecule has 1 fully saturated rings. The van der Waals surface area contributed by atoms with Crippen LogP contribution in [-0.4, -0.2) is 24.1 Å². The first-order valence-corrected chi connectivity index (χ1v) is 11.2. The highest BCUT2D eigenvalue weighted by Crippen LogP contribution is 2.41. The number of halogens is 1. The molecule has 4 heteroatoms. The van der Waals surface area contributed by atoms with E-state index in [-0.39, 0.29) is 17.5 Å². The number of aliphatic hydroxyl groups excluding tert-OH is 1. The van der Waals surface area contributed by atoms with Crippen LogP contribution in [0.3, 0.4) is 0 Å². The molecule has 2 aliphatic rings. The molecule has 0 spiro atoms. The predicted molar refractivity (Wildman–Crippen MR) is 122 cm³/mol. The first-order chi connectivity index (χ1) is 14.4. The summed E-state index contributed by atoms with van der Waals surface area (Å²) in [6, 6.07) is 13.7. The van der Waals surface area contributed by atoms with Gasteiger partial charge < -0.3 is 9.84 Å². The Balaban J connectivity index is 1.62. The second kappa shape index (κ2) is 8.95. The van der Waals surface area contributed by atoms with Gasteiger partial charge in [0, 0.05) is 31.1 Å². The summed E-state index contributed by atoms with van der Waals surface area (Å²) in [6.07, 6.45) is 3.17. The highest BCUT2D eigenvalue weighted by atomic mass is 35.5. The summed E-state index contributed by atoms with van der Waals surface area (Å²) in [6.45, 7) is 5.84. The molecule has 1 saturated heterocycles. The fraction of sp³-hybridized carbons (Fsp3) is 0.423. The third-order valence-corrected chi connectivity index (χ3v) is 7.16. The fourth-order valence-corrected chi connectivity index (χ4v) is 5.07. The Morgan fingerprint density at radius 3 is 2.33 bits per heavy atom. The van der Waals surface area contributed by atoms with E-state index in [2.05, 4.69) is 6.92 Å². The van der Waals surface area contributed by atoms with Crippen molar-refractivity contribution >= 4 is 23.0 Å². The van der Waals surface area contributed by atoms with Crippen molar-refractivity contribution in [1.29, 1.82) is 0 Å².